The van der Waals surface area contributed by atoms with Crippen molar-refractivity contribution in [3.05, 3.63) is 60.4 Å². The van der Waals surface area contributed by atoms with Gasteiger partial charge in [-0.3, -0.25) is 0 Å². The second-order valence-electron chi connectivity index (χ2n) is 4.52. The highest BCUT2D eigenvalue weighted by Gasteiger charge is 2.21. The lowest BCUT2D eigenvalue weighted by Gasteiger charge is -2.17. The van der Waals surface area contributed by atoms with Crippen LogP contribution in [0.5, 0.6) is 0 Å². The van der Waals surface area contributed by atoms with Gasteiger partial charge in [-0.25, -0.2) is 9.67 Å². The third-order valence-corrected chi connectivity index (χ3v) is 3.28. The highest BCUT2D eigenvalue weighted by molar-refractivity contribution is 5.33. The van der Waals surface area contributed by atoms with E-state index in [1.807, 2.05) is 59.9 Å². The fraction of sp³-hybridized carbons (Fsp3) is 0.214. The van der Waals surface area contributed by atoms with Crippen LogP contribution < -0.4 is 5.32 Å². The van der Waals surface area contributed by atoms with Crippen molar-refractivity contribution in [2.24, 2.45) is 7.05 Å². The largest absolute Gasteiger partial charge is 0.336 e. The molecule has 1 aromatic carbocycles. The molecule has 1 N–H and O–H groups in total. The van der Waals surface area contributed by atoms with Crippen molar-refractivity contribution in [1.29, 1.82) is 0 Å². The third kappa shape index (κ3) is 2.10. The Bertz CT molecular complexity index is 685. The van der Waals surface area contributed by atoms with Gasteiger partial charge in [0.25, 0.3) is 0 Å². The maximum atomic E-state index is 4.41. The van der Waals surface area contributed by atoms with Crippen molar-refractivity contribution in [3.63, 3.8) is 0 Å². The SMILES string of the molecule is CNC(c1nccn1C)c1cnnn1-c1ccccc1. The van der Waals surface area contributed by atoms with E-state index in [9.17, 15) is 0 Å². The summed E-state index contributed by atoms with van der Waals surface area (Å²) in [5.41, 5.74) is 1.93. The van der Waals surface area contributed by atoms with Crippen molar-refractivity contribution >= 4 is 0 Å². The van der Waals surface area contributed by atoms with E-state index in [0.29, 0.717) is 0 Å². The number of hydrogen-bond acceptors (Lipinski definition) is 4. The first-order valence-electron chi connectivity index (χ1n) is 6.41. The van der Waals surface area contributed by atoms with Crippen molar-refractivity contribution in [3.8, 4) is 5.69 Å². The molecule has 1 atom stereocenters. The van der Waals surface area contributed by atoms with E-state index in [1.54, 1.807) is 12.4 Å². The molecule has 102 valence electrons. The number of benzene rings is 1. The van der Waals surface area contributed by atoms with Crippen LogP contribution in [0.3, 0.4) is 0 Å². The topological polar surface area (TPSA) is 60.6 Å². The summed E-state index contributed by atoms with van der Waals surface area (Å²) in [6, 6.07) is 9.89. The van der Waals surface area contributed by atoms with E-state index in [2.05, 4.69) is 20.6 Å². The van der Waals surface area contributed by atoms with Crippen molar-refractivity contribution in [1.82, 2.24) is 29.9 Å². The minimum absolute atomic E-state index is 0.0646. The van der Waals surface area contributed by atoms with Gasteiger partial charge in [-0.1, -0.05) is 23.4 Å². The normalized spacial score (nSPS) is 12.5. The summed E-state index contributed by atoms with van der Waals surface area (Å²) >= 11 is 0. The van der Waals surface area contributed by atoms with Gasteiger partial charge in [-0.2, -0.15) is 0 Å². The molecule has 0 saturated heterocycles. The molecule has 6 heteroatoms. The Morgan fingerprint density at radius 2 is 2.00 bits per heavy atom. The molecule has 0 aliphatic heterocycles. The number of imidazole rings is 1. The number of para-hydroxylation sites is 1. The van der Waals surface area contributed by atoms with E-state index < -0.39 is 0 Å². The van der Waals surface area contributed by atoms with Crippen molar-refractivity contribution in [2.75, 3.05) is 7.05 Å². The second kappa shape index (κ2) is 5.26. The van der Waals surface area contributed by atoms with Gasteiger partial charge in [0, 0.05) is 19.4 Å². The van der Waals surface area contributed by atoms with E-state index in [-0.39, 0.29) is 6.04 Å². The molecular weight excluding hydrogens is 252 g/mol. The highest BCUT2D eigenvalue weighted by atomic mass is 15.4. The van der Waals surface area contributed by atoms with Crippen LogP contribution in [-0.4, -0.2) is 31.6 Å². The Morgan fingerprint density at radius 1 is 1.20 bits per heavy atom. The molecule has 3 aromatic rings. The van der Waals surface area contributed by atoms with E-state index in [0.717, 1.165) is 17.2 Å². The summed E-state index contributed by atoms with van der Waals surface area (Å²) in [7, 11) is 3.88. The molecule has 2 heterocycles. The zero-order valence-corrected chi connectivity index (χ0v) is 11.4. The number of aryl methyl sites for hydroxylation is 1. The molecule has 0 amide bonds. The number of nitrogens with one attached hydrogen (secondary N) is 1. The first-order valence-corrected chi connectivity index (χ1v) is 6.41. The van der Waals surface area contributed by atoms with E-state index >= 15 is 0 Å². The lowest BCUT2D eigenvalue weighted by atomic mass is 10.2. The average molecular weight is 268 g/mol. The molecule has 2 aromatic heterocycles. The lowest BCUT2D eigenvalue weighted by Crippen LogP contribution is -2.24. The summed E-state index contributed by atoms with van der Waals surface area (Å²) in [4.78, 5) is 4.41. The number of hydrogen-bond donors (Lipinski definition) is 1. The molecule has 3 rings (SSSR count). The maximum Gasteiger partial charge on any atom is 0.131 e. The Balaban J connectivity index is 2.07. The maximum absolute atomic E-state index is 4.41. The molecule has 0 aliphatic rings. The van der Waals surface area contributed by atoms with Gasteiger partial charge in [0.2, 0.25) is 0 Å². The van der Waals surface area contributed by atoms with Crippen molar-refractivity contribution in [2.45, 2.75) is 6.04 Å². The molecule has 0 fully saturated rings. The molecule has 1 unspecified atom stereocenters. The van der Waals surface area contributed by atoms with Gasteiger partial charge < -0.3 is 9.88 Å². The van der Waals surface area contributed by atoms with Gasteiger partial charge in [0.15, 0.2) is 0 Å². The van der Waals surface area contributed by atoms with Crippen LogP contribution in [0.2, 0.25) is 0 Å². The third-order valence-electron chi connectivity index (χ3n) is 3.28. The first kappa shape index (κ1) is 12.6. The van der Waals surface area contributed by atoms with Crippen LogP contribution in [0.25, 0.3) is 5.69 Å². The molecular formula is C14H16N6. The first-order chi connectivity index (χ1) is 9.81. The summed E-state index contributed by atoms with van der Waals surface area (Å²) < 4.78 is 3.82. The van der Waals surface area contributed by atoms with Crippen molar-refractivity contribution < 1.29 is 0 Å². The van der Waals surface area contributed by atoms with Gasteiger partial charge >= 0.3 is 0 Å². The van der Waals surface area contributed by atoms with Gasteiger partial charge in [-0.05, 0) is 19.2 Å². The van der Waals surface area contributed by atoms with E-state index in [1.165, 1.54) is 0 Å². The monoisotopic (exact) mass is 268 g/mol. The molecule has 0 aliphatic carbocycles. The summed E-state index contributed by atoms with van der Waals surface area (Å²) in [6.07, 6.45) is 5.48. The van der Waals surface area contributed by atoms with Crippen LogP contribution in [0.1, 0.15) is 17.6 Å². The lowest BCUT2D eigenvalue weighted by molar-refractivity contribution is 0.581. The summed E-state index contributed by atoms with van der Waals surface area (Å²) in [5, 5.41) is 11.5. The standard InChI is InChI=1S/C14H16N6/c1-15-13(14-16-8-9-19(14)2)12-10-17-18-20(12)11-6-4-3-5-7-11/h3-10,13,15H,1-2H3. The zero-order valence-electron chi connectivity index (χ0n) is 11.4. The molecule has 6 nitrogen and oxygen atoms in total. The second-order valence-corrected chi connectivity index (χ2v) is 4.52. The highest BCUT2D eigenvalue weighted by Crippen LogP contribution is 2.21. The summed E-state index contributed by atoms with van der Waals surface area (Å²) in [6.45, 7) is 0. The number of aromatic nitrogens is 5. The zero-order chi connectivity index (χ0) is 13.9. The fourth-order valence-corrected chi connectivity index (χ4v) is 2.27. The Kier molecular flexibility index (Phi) is 3.30. The van der Waals surface area contributed by atoms with Gasteiger partial charge in [-0.15, -0.1) is 5.10 Å². The average Bonchev–Trinajstić information content (AvgIpc) is 3.11. The number of nitrogens with zero attached hydrogens (tertiary/aromatic N) is 5. The minimum atomic E-state index is -0.0646. The van der Waals surface area contributed by atoms with Gasteiger partial charge in [0.05, 0.1) is 17.6 Å². The molecule has 0 radical (unpaired) electrons. The molecule has 20 heavy (non-hydrogen) atoms. The quantitative estimate of drug-likeness (QED) is 0.775. The smallest absolute Gasteiger partial charge is 0.131 e. The minimum Gasteiger partial charge on any atom is -0.336 e. The van der Waals surface area contributed by atoms with E-state index in [4.69, 9.17) is 0 Å². The molecule has 0 saturated carbocycles. The van der Waals surface area contributed by atoms with Crippen LogP contribution in [0.15, 0.2) is 48.9 Å². The predicted octanol–water partition coefficient (Wildman–Crippen LogP) is 1.31. The number of rotatable bonds is 4. The van der Waals surface area contributed by atoms with Crippen LogP contribution in [0.4, 0.5) is 0 Å². The van der Waals surface area contributed by atoms with Crippen LogP contribution in [-0.2, 0) is 7.05 Å². The Labute approximate surface area is 117 Å². The molecule has 0 bridgehead atoms. The van der Waals surface area contributed by atoms with Crippen LogP contribution in [0, 0.1) is 0 Å². The Morgan fingerprint density at radius 3 is 2.65 bits per heavy atom. The summed E-state index contributed by atoms with van der Waals surface area (Å²) in [5.74, 6) is 0.923. The predicted molar refractivity (Wildman–Crippen MR) is 75.5 cm³/mol. The fourth-order valence-electron chi connectivity index (χ4n) is 2.27. The van der Waals surface area contributed by atoms with Crippen LogP contribution >= 0.6 is 0 Å². The van der Waals surface area contributed by atoms with Gasteiger partial charge in [0.1, 0.15) is 11.9 Å². The molecule has 0 spiro atoms. The Hall–Kier alpha value is -2.47.